The highest BCUT2D eigenvalue weighted by Gasteiger charge is 2.09. The van der Waals surface area contributed by atoms with E-state index >= 15 is 0 Å². The van der Waals surface area contributed by atoms with Gasteiger partial charge in [-0.1, -0.05) is 17.3 Å². The molecule has 0 aliphatic rings. The quantitative estimate of drug-likeness (QED) is 0.521. The van der Waals surface area contributed by atoms with Crippen molar-refractivity contribution in [2.45, 2.75) is 0 Å². The number of hydrogen-bond acceptors (Lipinski definition) is 5. The van der Waals surface area contributed by atoms with Gasteiger partial charge in [0, 0.05) is 12.1 Å². The van der Waals surface area contributed by atoms with Crippen LogP contribution in [-0.4, -0.2) is 19.9 Å². The van der Waals surface area contributed by atoms with E-state index in [0.717, 1.165) is 4.68 Å². The van der Waals surface area contributed by atoms with E-state index in [4.69, 9.17) is 0 Å². The molecule has 1 aromatic heterocycles. The van der Waals surface area contributed by atoms with Gasteiger partial charge in [0.1, 0.15) is 5.52 Å². The van der Waals surface area contributed by atoms with Crippen LogP contribution in [0.15, 0.2) is 53.3 Å². The molecule has 3 aromatic rings. The van der Waals surface area contributed by atoms with Crippen molar-refractivity contribution < 1.29 is 4.92 Å². The minimum Gasteiger partial charge on any atom is -0.267 e. The molecule has 20 heavy (non-hydrogen) atoms. The fourth-order valence-corrected chi connectivity index (χ4v) is 1.87. The zero-order valence-corrected chi connectivity index (χ0v) is 10.1. The lowest BCUT2D eigenvalue weighted by Gasteiger charge is -2.04. The second-order valence-electron chi connectivity index (χ2n) is 4.10. The van der Waals surface area contributed by atoms with Gasteiger partial charge in [0.05, 0.1) is 16.0 Å². The lowest BCUT2D eigenvalue weighted by Crippen LogP contribution is -2.22. The Morgan fingerprint density at radius 3 is 2.45 bits per heavy atom. The van der Waals surface area contributed by atoms with Gasteiger partial charge < -0.3 is 0 Å². The van der Waals surface area contributed by atoms with Crippen molar-refractivity contribution in [1.29, 1.82) is 0 Å². The predicted molar refractivity (Wildman–Crippen MR) is 71.8 cm³/mol. The fraction of sp³-hybridized carbons (Fsp3) is 0. The molecule has 7 nitrogen and oxygen atoms in total. The number of nitro benzene ring substituents is 1. The summed E-state index contributed by atoms with van der Waals surface area (Å²) in [6, 6.07) is 12.4. The summed E-state index contributed by atoms with van der Waals surface area (Å²) in [5.41, 5.74) is 0.578. The van der Waals surface area contributed by atoms with E-state index in [0.29, 0.717) is 16.6 Å². The summed E-state index contributed by atoms with van der Waals surface area (Å²) in [6.07, 6.45) is 0. The maximum absolute atomic E-state index is 12.3. The molecule has 98 valence electrons. The minimum atomic E-state index is -0.501. The zero-order chi connectivity index (χ0) is 14.1. The molecule has 0 N–H and O–H groups in total. The van der Waals surface area contributed by atoms with Gasteiger partial charge in [-0.25, -0.2) is 0 Å². The van der Waals surface area contributed by atoms with Crippen molar-refractivity contribution in [3.63, 3.8) is 0 Å². The Bertz CT molecular complexity index is 855. The van der Waals surface area contributed by atoms with E-state index in [1.165, 1.54) is 24.3 Å². The summed E-state index contributed by atoms with van der Waals surface area (Å²) in [5, 5.41) is 18.8. The lowest BCUT2D eigenvalue weighted by molar-refractivity contribution is -0.384. The first kappa shape index (κ1) is 12.0. The molecule has 2 aromatic carbocycles. The van der Waals surface area contributed by atoms with Gasteiger partial charge in [0.25, 0.3) is 11.2 Å². The molecule has 3 rings (SSSR count). The second kappa shape index (κ2) is 4.54. The minimum absolute atomic E-state index is 0.0458. The number of non-ortho nitro benzene ring substituents is 1. The summed E-state index contributed by atoms with van der Waals surface area (Å²) in [4.78, 5) is 22.4. The van der Waals surface area contributed by atoms with E-state index in [2.05, 4.69) is 10.3 Å². The first-order valence-corrected chi connectivity index (χ1v) is 5.76. The van der Waals surface area contributed by atoms with Crippen LogP contribution in [-0.2, 0) is 0 Å². The van der Waals surface area contributed by atoms with Gasteiger partial charge in [-0.2, -0.15) is 4.68 Å². The molecule has 0 atom stereocenters. The van der Waals surface area contributed by atoms with Crippen LogP contribution < -0.4 is 5.56 Å². The fourth-order valence-electron chi connectivity index (χ4n) is 1.87. The van der Waals surface area contributed by atoms with Crippen molar-refractivity contribution in [3.05, 3.63) is 69.0 Å². The van der Waals surface area contributed by atoms with Crippen LogP contribution in [0.5, 0.6) is 0 Å². The third-order valence-electron chi connectivity index (χ3n) is 2.87. The Morgan fingerprint density at radius 1 is 1.05 bits per heavy atom. The van der Waals surface area contributed by atoms with Gasteiger partial charge in [-0.05, 0) is 24.3 Å². The van der Waals surface area contributed by atoms with E-state index in [1.807, 2.05) is 0 Å². The molecule has 7 heteroatoms. The molecule has 0 saturated carbocycles. The van der Waals surface area contributed by atoms with Crippen LogP contribution in [0.25, 0.3) is 16.6 Å². The predicted octanol–water partition coefficient (Wildman–Crippen LogP) is 1.69. The largest absolute Gasteiger partial charge is 0.282 e. The summed E-state index contributed by atoms with van der Waals surface area (Å²) < 4.78 is 1.12. The lowest BCUT2D eigenvalue weighted by atomic mass is 10.2. The Balaban J connectivity index is 2.17. The average molecular weight is 268 g/mol. The third-order valence-corrected chi connectivity index (χ3v) is 2.87. The standard InChI is InChI=1S/C13H8N4O3/c18-13-11-3-1-2-4-12(11)14-15-16(13)9-5-7-10(8-6-9)17(19)20/h1-8H. The molecule has 0 saturated heterocycles. The SMILES string of the molecule is O=c1c2ccccc2nnn1-c1ccc([N+](=O)[O-])cc1. The van der Waals surface area contributed by atoms with Crippen LogP contribution in [0.4, 0.5) is 5.69 Å². The first-order chi connectivity index (χ1) is 9.66. The van der Waals surface area contributed by atoms with Gasteiger partial charge in [-0.15, -0.1) is 5.10 Å². The summed E-state index contributed by atoms with van der Waals surface area (Å²) in [6.45, 7) is 0. The van der Waals surface area contributed by atoms with Crippen molar-refractivity contribution in [1.82, 2.24) is 15.0 Å². The van der Waals surface area contributed by atoms with Crippen molar-refractivity contribution in [2.24, 2.45) is 0 Å². The normalized spacial score (nSPS) is 10.6. The number of nitrogens with zero attached hydrogens (tertiary/aromatic N) is 4. The summed E-state index contributed by atoms with van der Waals surface area (Å²) in [7, 11) is 0. The Labute approximate surface area is 112 Å². The number of nitro groups is 1. The third kappa shape index (κ3) is 1.91. The van der Waals surface area contributed by atoms with E-state index in [1.54, 1.807) is 24.3 Å². The van der Waals surface area contributed by atoms with Crippen molar-refractivity contribution in [3.8, 4) is 5.69 Å². The van der Waals surface area contributed by atoms with Crippen LogP contribution in [0.1, 0.15) is 0 Å². The molecular weight excluding hydrogens is 260 g/mol. The Kier molecular flexibility index (Phi) is 2.72. The molecule has 1 heterocycles. The maximum atomic E-state index is 12.3. The van der Waals surface area contributed by atoms with E-state index in [-0.39, 0.29) is 11.2 Å². The van der Waals surface area contributed by atoms with Gasteiger partial charge in [-0.3, -0.25) is 14.9 Å². The van der Waals surface area contributed by atoms with Crippen LogP contribution >= 0.6 is 0 Å². The van der Waals surface area contributed by atoms with Gasteiger partial charge in [0.2, 0.25) is 0 Å². The summed E-state index contributed by atoms with van der Waals surface area (Å²) in [5.74, 6) is 0. The van der Waals surface area contributed by atoms with Crippen LogP contribution in [0, 0.1) is 10.1 Å². The van der Waals surface area contributed by atoms with Crippen molar-refractivity contribution >= 4 is 16.6 Å². The molecule has 0 aliphatic heterocycles. The molecular formula is C13H8N4O3. The molecule has 0 bridgehead atoms. The van der Waals surface area contributed by atoms with Crippen LogP contribution in [0.3, 0.4) is 0 Å². The highest BCUT2D eigenvalue weighted by atomic mass is 16.6. The molecule has 0 spiro atoms. The first-order valence-electron chi connectivity index (χ1n) is 5.76. The maximum Gasteiger partial charge on any atom is 0.282 e. The molecule has 0 unspecified atom stereocenters. The average Bonchev–Trinajstić information content (AvgIpc) is 2.48. The number of hydrogen-bond donors (Lipinski definition) is 0. The number of fused-ring (bicyclic) bond motifs is 1. The van der Waals surface area contributed by atoms with E-state index < -0.39 is 4.92 Å². The number of rotatable bonds is 2. The number of benzene rings is 2. The van der Waals surface area contributed by atoms with Gasteiger partial charge in [0.15, 0.2) is 0 Å². The second-order valence-corrected chi connectivity index (χ2v) is 4.10. The zero-order valence-electron chi connectivity index (χ0n) is 10.1. The van der Waals surface area contributed by atoms with E-state index in [9.17, 15) is 14.9 Å². The molecule has 0 radical (unpaired) electrons. The highest BCUT2D eigenvalue weighted by molar-refractivity contribution is 5.76. The molecule has 0 fully saturated rings. The Morgan fingerprint density at radius 2 is 1.75 bits per heavy atom. The summed E-state index contributed by atoms with van der Waals surface area (Å²) >= 11 is 0. The monoisotopic (exact) mass is 268 g/mol. The number of aromatic nitrogens is 3. The topological polar surface area (TPSA) is 90.9 Å². The molecule has 0 amide bonds. The van der Waals surface area contributed by atoms with Crippen LogP contribution in [0.2, 0.25) is 0 Å². The van der Waals surface area contributed by atoms with Crippen molar-refractivity contribution in [2.75, 3.05) is 0 Å². The highest BCUT2D eigenvalue weighted by Crippen LogP contribution is 2.14. The smallest absolute Gasteiger partial charge is 0.267 e. The van der Waals surface area contributed by atoms with Gasteiger partial charge >= 0.3 is 0 Å². The Hall–Kier alpha value is -3.09. The molecule has 0 aliphatic carbocycles.